The fourth-order valence-electron chi connectivity index (χ4n) is 3.28. The first-order valence-electron chi connectivity index (χ1n) is 13.1. The van der Waals surface area contributed by atoms with Crippen LogP contribution in [0, 0.1) is 0 Å². The molecule has 0 radical (unpaired) electrons. The van der Waals surface area contributed by atoms with Crippen LogP contribution in [0.2, 0.25) is 0 Å². The lowest BCUT2D eigenvalue weighted by molar-refractivity contribution is -0.131. The first-order chi connectivity index (χ1) is 19.8. The fourth-order valence-corrected chi connectivity index (χ4v) is 4.47. The van der Waals surface area contributed by atoms with Crippen molar-refractivity contribution in [1.82, 2.24) is 14.8 Å². The molecule has 1 aromatic carbocycles. The van der Waals surface area contributed by atoms with Crippen LogP contribution >= 0.6 is 0 Å². The van der Waals surface area contributed by atoms with Crippen molar-refractivity contribution >= 4 is 39.8 Å². The number of oxime groups is 1. The van der Waals surface area contributed by atoms with E-state index in [1.54, 1.807) is 71.9 Å². The summed E-state index contributed by atoms with van der Waals surface area (Å²) in [7, 11) is -3.95. The Morgan fingerprint density at radius 3 is 2.21 bits per heavy atom. The lowest BCUT2D eigenvalue weighted by Gasteiger charge is -2.26. The summed E-state index contributed by atoms with van der Waals surface area (Å²) in [5, 5.41) is 5.66. The number of guanidine groups is 1. The van der Waals surface area contributed by atoms with Gasteiger partial charge in [-0.1, -0.05) is 30.3 Å². The van der Waals surface area contributed by atoms with Crippen LogP contribution in [0.25, 0.3) is 0 Å². The van der Waals surface area contributed by atoms with Crippen molar-refractivity contribution in [3.8, 4) is 0 Å². The number of nitrogens with one attached hydrogen (secondary N) is 2. The SMILES string of the molecule is CC(C)(C)OC(=O)NC(N)=NOCCN(C(=O)Cn1cccc(NS(=O)(=O)Cc2ccccc2)c1=O)C(=O)OC(C)(C)C. The van der Waals surface area contributed by atoms with Crippen LogP contribution in [-0.4, -0.2) is 66.3 Å². The summed E-state index contributed by atoms with van der Waals surface area (Å²) in [6, 6.07) is 11.0. The molecule has 0 unspecified atom stereocenters. The molecule has 0 spiro atoms. The summed E-state index contributed by atoms with van der Waals surface area (Å²) in [5.74, 6) is -1.65. The molecule has 0 saturated carbocycles. The minimum absolute atomic E-state index is 0.277. The number of aromatic nitrogens is 1. The Kier molecular flexibility index (Phi) is 11.7. The number of benzene rings is 1. The molecule has 1 aromatic heterocycles. The zero-order valence-electron chi connectivity index (χ0n) is 24.9. The number of hydrogen-bond donors (Lipinski definition) is 3. The van der Waals surface area contributed by atoms with E-state index < -0.39 is 57.4 Å². The summed E-state index contributed by atoms with van der Waals surface area (Å²) < 4.78 is 38.8. The number of amides is 3. The molecule has 2 rings (SSSR count). The third kappa shape index (κ3) is 12.8. The van der Waals surface area contributed by atoms with Crippen molar-refractivity contribution < 1.29 is 37.1 Å². The van der Waals surface area contributed by atoms with Crippen molar-refractivity contribution in [2.24, 2.45) is 10.9 Å². The standard InChI is InChI=1S/C27H38N6O9S/c1-26(2,3)41-24(36)29-23(28)30-40-16-15-33(25(37)42-27(4,5)6)21(34)17-32-14-10-13-20(22(32)35)31-43(38,39)18-19-11-8-7-9-12-19/h7-14,31H,15-18H2,1-6H3,(H3,28,29,30,36). The predicted molar refractivity (Wildman–Crippen MR) is 158 cm³/mol. The maximum atomic E-state index is 13.2. The van der Waals surface area contributed by atoms with E-state index in [0.29, 0.717) is 10.5 Å². The largest absolute Gasteiger partial charge is 0.444 e. The number of sulfonamides is 1. The highest BCUT2D eigenvalue weighted by atomic mass is 32.2. The molecule has 15 nitrogen and oxygen atoms in total. The zero-order chi connectivity index (χ0) is 32.4. The molecule has 0 atom stereocenters. The lowest BCUT2D eigenvalue weighted by Crippen LogP contribution is -2.45. The van der Waals surface area contributed by atoms with Gasteiger partial charge in [0.05, 0.1) is 12.3 Å². The summed E-state index contributed by atoms with van der Waals surface area (Å²) in [5.41, 5.74) is 3.30. The number of hydrogen-bond acceptors (Lipinski definition) is 10. The molecule has 4 N–H and O–H groups in total. The maximum Gasteiger partial charge on any atom is 0.417 e. The minimum Gasteiger partial charge on any atom is -0.444 e. The number of anilines is 1. The van der Waals surface area contributed by atoms with E-state index in [0.717, 1.165) is 4.57 Å². The zero-order valence-corrected chi connectivity index (χ0v) is 25.8. The van der Waals surface area contributed by atoms with Crippen LogP contribution in [0.1, 0.15) is 47.1 Å². The molecular weight excluding hydrogens is 584 g/mol. The van der Waals surface area contributed by atoms with E-state index in [4.69, 9.17) is 20.0 Å². The Morgan fingerprint density at radius 2 is 1.60 bits per heavy atom. The van der Waals surface area contributed by atoms with Gasteiger partial charge < -0.3 is 24.6 Å². The minimum atomic E-state index is -3.95. The third-order valence-electron chi connectivity index (χ3n) is 4.90. The van der Waals surface area contributed by atoms with Crippen LogP contribution in [0.5, 0.6) is 0 Å². The van der Waals surface area contributed by atoms with Gasteiger partial charge in [0.2, 0.25) is 16.0 Å². The molecule has 43 heavy (non-hydrogen) atoms. The third-order valence-corrected chi connectivity index (χ3v) is 6.15. The molecule has 3 amide bonds. The molecule has 16 heteroatoms. The Balaban J connectivity index is 2.13. The van der Waals surface area contributed by atoms with Crippen LogP contribution < -0.4 is 21.3 Å². The number of carbonyl (C=O) groups excluding carboxylic acids is 3. The average Bonchev–Trinajstić information content (AvgIpc) is 2.84. The second kappa shape index (κ2) is 14.5. The molecule has 0 aliphatic heterocycles. The lowest BCUT2D eigenvalue weighted by atomic mass is 10.2. The second-order valence-corrected chi connectivity index (χ2v) is 12.9. The number of nitrogens with two attached hydrogens (primary N) is 1. The Morgan fingerprint density at radius 1 is 0.977 bits per heavy atom. The molecule has 236 valence electrons. The van der Waals surface area contributed by atoms with E-state index in [-0.39, 0.29) is 24.6 Å². The van der Waals surface area contributed by atoms with E-state index in [1.807, 2.05) is 0 Å². The highest BCUT2D eigenvalue weighted by molar-refractivity contribution is 7.91. The second-order valence-electron chi connectivity index (χ2n) is 11.2. The highest BCUT2D eigenvalue weighted by Gasteiger charge is 2.28. The van der Waals surface area contributed by atoms with Gasteiger partial charge in [-0.3, -0.25) is 19.6 Å². The van der Waals surface area contributed by atoms with Gasteiger partial charge in [0.1, 0.15) is 30.0 Å². The average molecular weight is 623 g/mol. The Labute approximate surface area is 250 Å². The monoisotopic (exact) mass is 622 g/mol. The van der Waals surface area contributed by atoms with Gasteiger partial charge in [-0.2, -0.15) is 0 Å². The predicted octanol–water partition coefficient (Wildman–Crippen LogP) is 2.32. The van der Waals surface area contributed by atoms with Gasteiger partial charge in [-0.25, -0.2) is 22.9 Å². The topological polar surface area (TPSA) is 201 Å². The van der Waals surface area contributed by atoms with Gasteiger partial charge in [-0.15, -0.1) is 0 Å². The molecule has 1 heterocycles. The number of ether oxygens (including phenoxy) is 2. The normalized spacial score (nSPS) is 12.2. The number of carbonyl (C=O) groups is 3. The van der Waals surface area contributed by atoms with Gasteiger partial charge in [0.25, 0.3) is 11.5 Å². The van der Waals surface area contributed by atoms with Crippen molar-refractivity contribution in [3.05, 3.63) is 64.6 Å². The summed E-state index contributed by atoms with van der Waals surface area (Å²) in [6.45, 7) is 8.45. The summed E-state index contributed by atoms with van der Waals surface area (Å²) >= 11 is 0. The van der Waals surface area contributed by atoms with Crippen LogP contribution in [0.15, 0.2) is 58.6 Å². The van der Waals surface area contributed by atoms with Crippen molar-refractivity contribution in [1.29, 1.82) is 0 Å². The van der Waals surface area contributed by atoms with Crippen molar-refractivity contribution in [2.45, 2.75) is 65.0 Å². The first-order valence-corrected chi connectivity index (χ1v) is 14.7. The molecule has 0 aliphatic carbocycles. The summed E-state index contributed by atoms with van der Waals surface area (Å²) in [4.78, 5) is 56.5. The van der Waals surface area contributed by atoms with Gasteiger partial charge in [0.15, 0.2) is 0 Å². The quantitative estimate of drug-likeness (QED) is 0.153. The fraction of sp³-hybridized carbons (Fsp3) is 0.444. The molecule has 0 fully saturated rings. The van der Waals surface area contributed by atoms with Gasteiger partial charge in [0, 0.05) is 6.20 Å². The van der Waals surface area contributed by atoms with Gasteiger partial charge in [-0.05, 0) is 64.4 Å². The van der Waals surface area contributed by atoms with E-state index in [2.05, 4.69) is 15.2 Å². The van der Waals surface area contributed by atoms with Crippen LogP contribution in [-0.2, 0) is 41.4 Å². The van der Waals surface area contributed by atoms with Gasteiger partial charge >= 0.3 is 12.2 Å². The molecule has 0 saturated heterocycles. The molecule has 2 aromatic rings. The van der Waals surface area contributed by atoms with Crippen molar-refractivity contribution in [2.75, 3.05) is 17.9 Å². The van der Waals surface area contributed by atoms with E-state index in [1.165, 1.54) is 18.3 Å². The Hall–Kier alpha value is -4.60. The van der Waals surface area contributed by atoms with Crippen LogP contribution in [0.3, 0.4) is 0 Å². The van der Waals surface area contributed by atoms with E-state index in [9.17, 15) is 27.6 Å². The number of nitrogens with zero attached hydrogens (tertiary/aromatic N) is 3. The molecule has 0 bridgehead atoms. The highest BCUT2D eigenvalue weighted by Crippen LogP contribution is 2.12. The molecular formula is C27H38N6O9S. The number of alkyl carbamates (subject to hydrolysis) is 1. The van der Waals surface area contributed by atoms with Crippen LogP contribution in [0.4, 0.5) is 15.3 Å². The number of rotatable bonds is 10. The first kappa shape index (κ1) is 34.6. The summed E-state index contributed by atoms with van der Waals surface area (Å²) in [6.07, 6.45) is -0.609. The molecule has 0 aliphatic rings. The number of pyridine rings is 1. The number of imide groups is 1. The van der Waals surface area contributed by atoms with Crippen molar-refractivity contribution in [3.63, 3.8) is 0 Å². The smallest absolute Gasteiger partial charge is 0.417 e. The Bertz CT molecular complexity index is 1480. The maximum absolute atomic E-state index is 13.2. The van der Waals surface area contributed by atoms with E-state index >= 15 is 0 Å².